The number of unbranched alkanes of at least 4 members (excludes halogenated alkanes) is 52. The standard InChI is InChI=1S/C69H135NO5/c1-3-5-7-9-11-13-15-16-17-37-40-43-47-51-55-59-63-69(74)75-64-60-56-52-48-44-41-38-35-33-31-29-27-25-23-21-19-18-20-22-24-26-28-30-32-34-36-39-42-46-50-54-58-62-68(73)70-66(65-71)67(72)61-57-53-49-45-14-12-10-8-6-4-2/h21,23,66-67,71-72H,3-20,22,24-65H2,1-2H3,(H,70,73)/b23-21-. The molecule has 0 aliphatic heterocycles. The minimum absolute atomic E-state index is 0.0224. The highest BCUT2D eigenvalue weighted by Gasteiger charge is 2.20. The summed E-state index contributed by atoms with van der Waals surface area (Å²) in [4.78, 5) is 24.5. The fourth-order valence-corrected chi connectivity index (χ4v) is 11.1. The van der Waals surface area contributed by atoms with E-state index in [-0.39, 0.29) is 18.5 Å². The van der Waals surface area contributed by atoms with Gasteiger partial charge in [-0.2, -0.15) is 0 Å². The van der Waals surface area contributed by atoms with Crippen LogP contribution in [0.3, 0.4) is 0 Å². The Morgan fingerprint density at radius 2 is 0.627 bits per heavy atom. The summed E-state index contributed by atoms with van der Waals surface area (Å²) in [6.45, 7) is 4.97. The van der Waals surface area contributed by atoms with E-state index in [0.717, 1.165) is 38.5 Å². The second-order valence-electron chi connectivity index (χ2n) is 23.9. The molecule has 6 heteroatoms. The van der Waals surface area contributed by atoms with E-state index in [0.29, 0.717) is 25.9 Å². The lowest BCUT2D eigenvalue weighted by Crippen LogP contribution is -2.45. The van der Waals surface area contributed by atoms with Gasteiger partial charge in [-0.25, -0.2) is 0 Å². The molecule has 75 heavy (non-hydrogen) atoms. The van der Waals surface area contributed by atoms with Crippen molar-refractivity contribution in [3.63, 3.8) is 0 Å². The van der Waals surface area contributed by atoms with Crippen molar-refractivity contribution in [3.05, 3.63) is 12.2 Å². The number of carbonyl (C=O) groups excluding carboxylic acids is 2. The van der Waals surface area contributed by atoms with Gasteiger partial charge in [-0.1, -0.05) is 341 Å². The van der Waals surface area contributed by atoms with Gasteiger partial charge >= 0.3 is 5.97 Å². The number of allylic oxidation sites excluding steroid dienone is 2. The van der Waals surface area contributed by atoms with Crippen LogP contribution in [0.5, 0.6) is 0 Å². The number of nitrogens with one attached hydrogen (secondary N) is 1. The van der Waals surface area contributed by atoms with Crippen LogP contribution >= 0.6 is 0 Å². The Labute approximate surface area is 469 Å². The molecule has 2 atom stereocenters. The molecule has 1 amide bonds. The monoisotopic (exact) mass is 1060 g/mol. The molecule has 0 aromatic carbocycles. The van der Waals surface area contributed by atoms with Gasteiger partial charge in [-0.3, -0.25) is 9.59 Å². The van der Waals surface area contributed by atoms with Crippen molar-refractivity contribution in [2.75, 3.05) is 13.2 Å². The summed E-state index contributed by atoms with van der Waals surface area (Å²) in [5.74, 6) is -0.00956. The lowest BCUT2D eigenvalue weighted by Gasteiger charge is -2.22. The molecule has 0 aromatic rings. The number of amides is 1. The molecule has 6 nitrogen and oxygen atoms in total. The molecular weight excluding hydrogens is 923 g/mol. The van der Waals surface area contributed by atoms with Crippen LogP contribution < -0.4 is 5.32 Å². The van der Waals surface area contributed by atoms with Gasteiger partial charge in [-0.05, 0) is 51.4 Å². The Morgan fingerprint density at radius 3 is 0.947 bits per heavy atom. The summed E-state index contributed by atoms with van der Waals surface area (Å²) in [7, 11) is 0. The molecule has 3 N–H and O–H groups in total. The van der Waals surface area contributed by atoms with Crippen LogP contribution in [0, 0.1) is 0 Å². The number of aliphatic hydroxyl groups excluding tert-OH is 2. The summed E-state index contributed by atoms with van der Waals surface area (Å²) >= 11 is 0. The van der Waals surface area contributed by atoms with Crippen molar-refractivity contribution in [1.82, 2.24) is 5.32 Å². The average Bonchev–Trinajstić information content (AvgIpc) is 3.41. The molecule has 0 aliphatic carbocycles. The molecule has 0 rings (SSSR count). The molecule has 0 bridgehead atoms. The molecule has 0 spiro atoms. The van der Waals surface area contributed by atoms with Crippen LogP contribution in [-0.4, -0.2) is 47.4 Å². The van der Waals surface area contributed by atoms with E-state index in [1.54, 1.807) is 0 Å². The largest absolute Gasteiger partial charge is 0.466 e. The SMILES string of the molecule is CCCCCCCCCCCCCCCCCCC(=O)OCCCCCCCCCCCCCC/C=C\CCCCCCCCCCCCCCCCCCC(=O)NC(CO)C(O)CCCCCCCCCCCC. The molecule has 0 aromatic heterocycles. The third-order valence-corrected chi connectivity index (χ3v) is 16.3. The van der Waals surface area contributed by atoms with Gasteiger partial charge < -0.3 is 20.3 Å². The van der Waals surface area contributed by atoms with Gasteiger partial charge in [0.1, 0.15) is 0 Å². The normalized spacial score (nSPS) is 12.5. The Balaban J connectivity index is 3.31. The number of hydrogen-bond donors (Lipinski definition) is 3. The lowest BCUT2D eigenvalue weighted by atomic mass is 10.0. The maximum atomic E-state index is 12.4. The third-order valence-electron chi connectivity index (χ3n) is 16.3. The summed E-state index contributed by atoms with van der Waals surface area (Å²) in [6, 6.07) is -0.537. The molecule has 446 valence electrons. The van der Waals surface area contributed by atoms with Gasteiger partial charge in [0.15, 0.2) is 0 Å². The summed E-state index contributed by atoms with van der Waals surface area (Å²) in [6.07, 6.45) is 79.9. The van der Waals surface area contributed by atoms with Crippen LogP contribution in [0.4, 0.5) is 0 Å². The molecule has 0 fully saturated rings. The topological polar surface area (TPSA) is 95.9 Å². The first kappa shape index (κ1) is 73.6. The quantitative estimate of drug-likeness (QED) is 0.0320. The Kier molecular flexibility index (Phi) is 63.9. The Bertz CT molecular complexity index is 1130. The molecule has 0 saturated carbocycles. The molecule has 2 unspecified atom stereocenters. The van der Waals surface area contributed by atoms with E-state index in [2.05, 4.69) is 31.3 Å². The summed E-state index contributed by atoms with van der Waals surface area (Å²) < 4.78 is 5.50. The van der Waals surface area contributed by atoms with Crippen molar-refractivity contribution in [2.45, 2.75) is 405 Å². The Hall–Kier alpha value is -1.40. The van der Waals surface area contributed by atoms with Gasteiger partial charge in [0.2, 0.25) is 5.91 Å². The molecule has 0 aliphatic rings. The van der Waals surface area contributed by atoms with Crippen molar-refractivity contribution in [3.8, 4) is 0 Å². The summed E-state index contributed by atoms with van der Waals surface area (Å²) in [5, 5.41) is 23.2. The van der Waals surface area contributed by atoms with Crippen LogP contribution in [-0.2, 0) is 14.3 Å². The Morgan fingerprint density at radius 1 is 0.360 bits per heavy atom. The molecule has 0 radical (unpaired) electrons. The van der Waals surface area contributed by atoms with E-state index < -0.39 is 12.1 Å². The maximum absolute atomic E-state index is 12.4. The van der Waals surface area contributed by atoms with Crippen LogP contribution in [0.2, 0.25) is 0 Å². The predicted octanol–water partition coefficient (Wildman–Crippen LogP) is 22.0. The van der Waals surface area contributed by atoms with E-state index in [1.165, 1.54) is 321 Å². The lowest BCUT2D eigenvalue weighted by molar-refractivity contribution is -0.143. The number of rotatable bonds is 65. The molecule has 0 saturated heterocycles. The first-order valence-corrected chi connectivity index (χ1v) is 34.4. The maximum Gasteiger partial charge on any atom is 0.305 e. The minimum atomic E-state index is -0.660. The number of esters is 1. The number of carbonyl (C=O) groups is 2. The third kappa shape index (κ3) is 61.7. The minimum Gasteiger partial charge on any atom is -0.466 e. The van der Waals surface area contributed by atoms with E-state index in [4.69, 9.17) is 4.74 Å². The average molecular weight is 1060 g/mol. The number of hydrogen-bond acceptors (Lipinski definition) is 5. The second-order valence-corrected chi connectivity index (χ2v) is 23.9. The highest BCUT2D eigenvalue weighted by atomic mass is 16.5. The zero-order chi connectivity index (χ0) is 54.3. The van der Waals surface area contributed by atoms with Crippen molar-refractivity contribution >= 4 is 11.9 Å². The first-order chi connectivity index (χ1) is 37.0. The second kappa shape index (κ2) is 65.1. The smallest absolute Gasteiger partial charge is 0.305 e. The highest BCUT2D eigenvalue weighted by Crippen LogP contribution is 2.19. The van der Waals surface area contributed by atoms with Gasteiger partial charge in [-0.15, -0.1) is 0 Å². The first-order valence-electron chi connectivity index (χ1n) is 34.4. The van der Waals surface area contributed by atoms with E-state index in [1.807, 2.05) is 0 Å². The van der Waals surface area contributed by atoms with Crippen LogP contribution in [0.1, 0.15) is 393 Å². The van der Waals surface area contributed by atoms with Crippen molar-refractivity contribution < 1.29 is 24.5 Å². The zero-order valence-electron chi connectivity index (χ0n) is 51.1. The van der Waals surface area contributed by atoms with Crippen molar-refractivity contribution in [2.24, 2.45) is 0 Å². The zero-order valence-corrected chi connectivity index (χ0v) is 51.1. The molecule has 0 heterocycles. The molecular formula is C69H135NO5. The predicted molar refractivity (Wildman–Crippen MR) is 329 cm³/mol. The number of ether oxygens (including phenoxy) is 1. The van der Waals surface area contributed by atoms with Crippen molar-refractivity contribution in [1.29, 1.82) is 0 Å². The van der Waals surface area contributed by atoms with Gasteiger partial charge in [0.25, 0.3) is 0 Å². The highest BCUT2D eigenvalue weighted by molar-refractivity contribution is 5.76. The fourth-order valence-electron chi connectivity index (χ4n) is 11.1. The van der Waals surface area contributed by atoms with E-state index in [9.17, 15) is 19.8 Å². The van der Waals surface area contributed by atoms with Gasteiger partial charge in [0.05, 0.1) is 25.4 Å². The summed E-state index contributed by atoms with van der Waals surface area (Å²) in [5.41, 5.74) is 0. The fraction of sp³-hybridized carbons (Fsp3) is 0.942. The van der Waals surface area contributed by atoms with E-state index >= 15 is 0 Å². The number of aliphatic hydroxyl groups is 2. The van der Waals surface area contributed by atoms with Crippen LogP contribution in [0.25, 0.3) is 0 Å². The van der Waals surface area contributed by atoms with Gasteiger partial charge in [0, 0.05) is 12.8 Å². The van der Waals surface area contributed by atoms with Crippen LogP contribution in [0.15, 0.2) is 12.2 Å².